The van der Waals surface area contributed by atoms with Gasteiger partial charge in [-0.15, -0.1) is 11.8 Å². The lowest BCUT2D eigenvalue weighted by Gasteiger charge is -2.35. The van der Waals surface area contributed by atoms with E-state index >= 15 is 0 Å². The second-order valence-corrected chi connectivity index (χ2v) is 5.76. The van der Waals surface area contributed by atoms with Crippen LogP contribution in [0.1, 0.15) is 26.7 Å². The molecule has 1 rings (SSSR count). The van der Waals surface area contributed by atoms with Gasteiger partial charge < -0.3 is 19.6 Å². The number of carboxylic acid groups (broad SMARTS) is 1. The molecule has 0 aromatic carbocycles. The molecule has 0 aliphatic carbocycles. The summed E-state index contributed by atoms with van der Waals surface area (Å²) in [6, 6.07) is -0.780. The fourth-order valence-corrected chi connectivity index (χ4v) is 3.49. The third-order valence-electron chi connectivity index (χ3n) is 3.58. The van der Waals surface area contributed by atoms with Crippen molar-refractivity contribution >= 4 is 23.8 Å². The summed E-state index contributed by atoms with van der Waals surface area (Å²) in [5.41, 5.74) is 0. The maximum Gasteiger partial charge on any atom is 0.327 e. The van der Waals surface area contributed by atoms with E-state index in [1.807, 2.05) is 13.8 Å². The second-order valence-electron chi connectivity index (χ2n) is 4.76. The lowest BCUT2D eigenvalue weighted by Crippen LogP contribution is -2.52. The number of carboxylic acids is 1. The third kappa shape index (κ3) is 4.02. The lowest BCUT2D eigenvalue weighted by molar-refractivity contribution is -0.141. The SMILES string of the molecule is CCC(CC)N(CCOC)C(=O)N1CSCC1C(=O)O. The van der Waals surface area contributed by atoms with Gasteiger partial charge in [0.05, 0.1) is 12.5 Å². The van der Waals surface area contributed by atoms with Gasteiger partial charge in [-0.05, 0) is 12.8 Å². The Morgan fingerprint density at radius 3 is 2.60 bits per heavy atom. The van der Waals surface area contributed by atoms with Crippen molar-refractivity contribution in [2.24, 2.45) is 0 Å². The van der Waals surface area contributed by atoms with E-state index in [4.69, 9.17) is 4.74 Å². The average Bonchev–Trinajstić information content (AvgIpc) is 2.92. The molecule has 1 aliphatic rings. The Labute approximate surface area is 124 Å². The number of urea groups is 1. The van der Waals surface area contributed by atoms with Crippen molar-refractivity contribution in [1.82, 2.24) is 9.80 Å². The molecule has 6 nitrogen and oxygen atoms in total. The predicted octanol–water partition coefficient (Wildman–Crippen LogP) is 1.70. The summed E-state index contributed by atoms with van der Waals surface area (Å²) in [6.07, 6.45) is 1.70. The Bertz CT molecular complexity index is 336. The minimum atomic E-state index is -0.931. The first kappa shape index (κ1) is 17.1. The van der Waals surface area contributed by atoms with Crippen LogP contribution in [0, 0.1) is 0 Å². The molecule has 0 aromatic rings. The standard InChI is InChI=1S/C13H24N2O4S/c1-4-10(5-2)14(6-7-19-3)13(18)15-9-20-8-11(15)12(16)17/h10-11H,4-9H2,1-3H3,(H,16,17). The number of hydrogen-bond acceptors (Lipinski definition) is 4. The molecule has 1 atom stereocenters. The van der Waals surface area contributed by atoms with E-state index in [1.165, 1.54) is 16.7 Å². The highest BCUT2D eigenvalue weighted by Crippen LogP contribution is 2.24. The molecule has 1 N–H and O–H groups in total. The molecule has 1 saturated heterocycles. The molecule has 0 radical (unpaired) electrons. The number of carbonyl (C=O) groups excluding carboxylic acids is 1. The summed E-state index contributed by atoms with van der Waals surface area (Å²) in [5.74, 6) is -0.0266. The molecule has 116 valence electrons. The van der Waals surface area contributed by atoms with Gasteiger partial charge in [-0.2, -0.15) is 0 Å². The quantitative estimate of drug-likeness (QED) is 0.775. The summed E-state index contributed by atoms with van der Waals surface area (Å²) in [4.78, 5) is 27.1. The minimum Gasteiger partial charge on any atom is -0.480 e. The summed E-state index contributed by atoms with van der Waals surface area (Å²) >= 11 is 1.48. The largest absolute Gasteiger partial charge is 0.480 e. The van der Waals surface area contributed by atoms with E-state index in [-0.39, 0.29) is 12.1 Å². The first-order chi connectivity index (χ1) is 9.56. The van der Waals surface area contributed by atoms with Gasteiger partial charge in [0.15, 0.2) is 0 Å². The van der Waals surface area contributed by atoms with E-state index in [0.717, 1.165) is 12.8 Å². The highest BCUT2D eigenvalue weighted by atomic mass is 32.2. The van der Waals surface area contributed by atoms with Crippen molar-refractivity contribution in [3.8, 4) is 0 Å². The number of rotatable bonds is 7. The number of aliphatic carboxylic acids is 1. The predicted molar refractivity (Wildman–Crippen MR) is 78.9 cm³/mol. The molecule has 0 bridgehead atoms. The zero-order valence-corrected chi connectivity index (χ0v) is 13.2. The van der Waals surface area contributed by atoms with Gasteiger partial charge in [0.1, 0.15) is 6.04 Å². The number of thioether (sulfide) groups is 1. The Morgan fingerprint density at radius 1 is 1.45 bits per heavy atom. The number of methoxy groups -OCH3 is 1. The molecule has 0 saturated carbocycles. The molecule has 7 heteroatoms. The maximum atomic E-state index is 12.6. The van der Waals surface area contributed by atoms with Crippen molar-refractivity contribution in [2.45, 2.75) is 38.8 Å². The van der Waals surface area contributed by atoms with Crippen LogP contribution in [0.4, 0.5) is 4.79 Å². The van der Waals surface area contributed by atoms with Crippen LogP contribution in [0.2, 0.25) is 0 Å². The Hall–Kier alpha value is -0.950. The summed E-state index contributed by atoms with van der Waals surface area (Å²) in [6.45, 7) is 5.03. The van der Waals surface area contributed by atoms with Gasteiger partial charge >= 0.3 is 12.0 Å². The Morgan fingerprint density at radius 2 is 2.10 bits per heavy atom. The third-order valence-corrected chi connectivity index (χ3v) is 4.59. The summed E-state index contributed by atoms with van der Waals surface area (Å²) in [5, 5.41) is 9.19. The van der Waals surface area contributed by atoms with Crippen LogP contribution >= 0.6 is 11.8 Å². The van der Waals surface area contributed by atoms with Crippen molar-refractivity contribution in [1.29, 1.82) is 0 Å². The Kier molecular flexibility index (Phi) is 7.15. The van der Waals surface area contributed by atoms with Gasteiger partial charge in [-0.1, -0.05) is 13.8 Å². The van der Waals surface area contributed by atoms with Gasteiger partial charge in [0.25, 0.3) is 0 Å². The molecule has 1 aliphatic heterocycles. The molecule has 0 aromatic heterocycles. The van der Waals surface area contributed by atoms with Crippen LogP contribution in [-0.2, 0) is 9.53 Å². The normalized spacial score (nSPS) is 18.6. The van der Waals surface area contributed by atoms with E-state index in [2.05, 4.69) is 0 Å². The van der Waals surface area contributed by atoms with Gasteiger partial charge in [0, 0.05) is 25.4 Å². The number of carbonyl (C=O) groups is 2. The van der Waals surface area contributed by atoms with E-state index in [9.17, 15) is 14.7 Å². The van der Waals surface area contributed by atoms with E-state index in [0.29, 0.717) is 24.8 Å². The van der Waals surface area contributed by atoms with Crippen LogP contribution in [0.25, 0.3) is 0 Å². The zero-order valence-electron chi connectivity index (χ0n) is 12.4. The number of ether oxygens (including phenoxy) is 1. The summed E-state index contributed by atoms with van der Waals surface area (Å²) < 4.78 is 5.06. The van der Waals surface area contributed by atoms with Gasteiger partial charge in [-0.25, -0.2) is 9.59 Å². The van der Waals surface area contributed by atoms with Crippen LogP contribution < -0.4 is 0 Å². The number of amides is 2. The number of hydrogen-bond donors (Lipinski definition) is 1. The second kappa shape index (κ2) is 8.36. The molecular formula is C13H24N2O4S. The van der Waals surface area contributed by atoms with Crippen LogP contribution in [0.5, 0.6) is 0 Å². The van der Waals surface area contributed by atoms with E-state index in [1.54, 1.807) is 12.0 Å². The molecule has 20 heavy (non-hydrogen) atoms. The molecule has 2 amide bonds. The van der Waals surface area contributed by atoms with Crippen molar-refractivity contribution in [3.05, 3.63) is 0 Å². The molecular weight excluding hydrogens is 280 g/mol. The molecule has 1 fully saturated rings. The topological polar surface area (TPSA) is 70.1 Å². The van der Waals surface area contributed by atoms with Gasteiger partial charge in [-0.3, -0.25) is 0 Å². The maximum absolute atomic E-state index is 12.6. The molecule has 1 heterocycles. The van der Waals surface area contributed by atoms with Crippen LogP contribution in [0.3, 0.4) is 0 Å². The highest BCUT2D eigenvalue weighted by molar-refractivity contribution is 7.99. The lowest BCUT2D eigenvalue weighted by atomic mass is 10.1. The smallest absolute Gasteiger partial charge is 0.327 e. The van der Waals surface area contributed by atoms with Crippen LogP contribution in [-0.4, -0.2) is 70.9 Å². The van der Waals surface area contributed by atoms with Crippen LogP contribution in [0.15, 0.2) is 0 Å². The highest BCUT2D eigenvalue weighted by Gasteiger charge is 2.37. The fraction of sp³-hybridized carbons (Fsp3) is 0.846. The molecule has 0 spiro atoms. The van der Waals surface area contributed by atoms with Crippen molar-refractivity contribution in [2.75, 3.05) is 31.9 Å². The van der Waals surface area contributed by atoms with E-state index < -0.39 is 12.0 Å². The van der Waals surface area contributed by atoms with Gasteiger partial charge in [0.2, 0.25) is 0 Å². The fourth-order valence-electron chi connectivity index (χ4n) is 2.35. The summed E-state index contributed by atoms with van der Waals surface area (Å²) in [7, 11) is 1.60. The Balaban J connectivity index is 2.83. The van der Waals surface area contributed by atoms with Crippen molar-refractivity contribution < 1.29 is 19.4 Å². The average molecular weight is 304 g/mol. The monoisotopic (exact) mass is 304 g/mol. The van der Waals surface area contributed by atoms with Crippen molar-refractivity contribution in [3.63, 3.8) is 0 Å². The number of nitrogens with zero attached hydrogens (tertiary/aromatic N) is 2. The first-order valence-corrected chi connectivity index (χ1v) is 8.08. The molecule has 1 unspecified atom stereocenters. The first-order valence-electron chi connectivity index (χ1n) is 6.93. The minimum absolute atomic E-state index is 0.123. The zero-order chi connectivity index (χ0) is 15.1.